The van der Waals surface area contributed by atoms with Crippen LogP contribution in [0.15, 0.2) is 164 Å². The molecule has 0 aliphatic rings. The minimum Gasteiger partial charge on any atom is -0.277 e. The van der Waals surface area contributed by atoms with Crippen LogP contribution < -0.4 is 0 Å². The van der Waals surface area contributed by atoms with Crippen molar-refractivity contribution < 1.29 is 0 Å². The summed E-state index contributed by atoms with van der Waals surface area (Å²) in [6.07, 6.45) is 0. The van der Waals surface area contributed by atoms with E-state index in [1.54, 1.807) is 11.3 Å². The number of nitrogens with zero attached hydrogens (tertiary/aromatic N) is 3. The lowest BCUT2D eigenvalue weighted by atomic mass is 9.96. The molecule has 0 bridgehead atoms. The molecule has 0 unspecified atom stereocenters. The van der Waals surface area contributed by atoms with E-state index >= 15 is 0 Å². The Kier molecular flexibility index (Phi) is 6.09. The zero-order valence-electron chi connectivity index (χ0n) is 28.2. The molecule has 53 heavy (non-hydrogen) atoms. The topological polar surface area (TPSA) is 30.7 Å². The van der Waals surface area contributed by atoms with Gasteiger partial charge in [0.15, 0.2) is 0 Å². The van der Waals surface area contributed by atoms with Crippen LogP contribution in [0.5, 0.6) is 0 Å². The number of hydrogen-bond donors (Lipinski definition) is 0. The van der Waals surface area contributed by atoms with E-state index in [0.29, 0.717) is 5.95 Å². The van der Waals surface area contributed by atoms with Gasteiger partial charge in [-0.3, -0.25) is 4.57 Å². The Morgan fingerprint density at radius 3 is 1.83 bits per heavy atom. The van der Waals surface area contributed by atoms with Gasteiger partial charge < -0.3 is 0 Å². The van der Waals surface area contributed by atoms with Crippen LogP contribution >= 0.6 is 22.7 Å². The van der Waals surface area contributed by atoms with Gasteiger partial charge in [-0.15, -0.1) is 22.7 Å². The molecule has 0 saturated carbocycles. The van der Waals surface area contributed by atoms with Crippen LogP contribution in [0.4, 0.5) is 0 Å². The minimum atomic E-state index is 0.690. The van der Waals surface area contributed by atoms with Crippen LogP contribution in [0.1, 0.15) is 0 Å². The second-order valence-corrected chi connectivity index (χ2v) is 15.8. The van der Waals surface area contributed by atoms with E-state index in [1.807, 2.05) is 11.3 Å². The molecule has 3 nitrogen and oxygen atoms in total. The first-order chi connectivity index (χ1) is 26.3. The summed E-state index contributed by atoms with van der Waals surface area (Å²) >= 11 is 3.62. The Morgan fingerprint density at radius 2 is 1.02 bits per heavy atom. The quantitative estimate of drug-likeness (QED) is 0.183. The highest BCUT2D eigenvalue weighted by Crippen LogP contribution is 2.48. The molecule has 4 aromatic heterocycles. The second-order valence-electron chi connectivity index (χ2n) is 13.7. The van der Waals surface area contributed by atoms with Crippen molar-refractivity contribution in [1.82, 2.24) is 14.5 Å². The summed E-state index contributed by atoms with van der Waals surface area (Å²) in [6.45, 7) is 0. The Balaban J connectivity index is 1.19. The standard InChI is InChI=1S/C48H27N3S2/c1-2-14-31-28(12-1)13-11-20-32(31)29-24-26-30(27-25-29)44-42-36-18-6-10-23-40(36)53-47(42)50-48(49-44)51-38-21-8-5-17-35(38)41-33-15-3-4-16-34(33)46-43(45(41)51)37-19-7-9-22-39(37)52-46/h1-27H. The van der Waals surface area contributed by atoms with Crippen LogP contribution in [0.25, 0.3) is 112 Å². The van der Waals surface area contributed by atoms with Crippen molar-refractivity contribution in [2.45, 2.75) is 0 Å². The zero-order chi connectivity index (χ0) is 34.6. The number of thiophene rings is 2. The number of para-hydroxylation sites is 1. The molecule has 0 aliphatic carbocycles. The third kappa shape index (κ3) is 4.15. The van der Waals surface area contributed by atoms with Gasteiger partial charge in [0.05, 0.1) is 16.7 Å². The normalized spacial score (nSPS) is 12.2. The molecule has 246 valence electrons. The highest BCUT2D eigenvalue weighted by molar-refractivity contribution is 7.27. The Labute approximate surface area is 311 Å². The zero-order valence-corrected chi connectivity index (χ0v) is 29.9. The second kappa shape index (κ2) is 11.1. The van der Waals surface area contributed by atoms with Gasteiger partial charge in [0.2, 0.25) is 5.95 Å². The third-order valence-electron chi connectivity index (χ3n) is 10.8. The van der Waals surface area contributed by atoms with Crippen molar-refractivity contribution >= 4 is 106 Å². The van der Waals surface area contributed by atoms with Gasteiger partial charge >= 0.3 is 0 Å². The van der Waals surface area contributed by atoms with Crippen molar-refractivity contribution in [3.63, 3.8) is 0 Å². The molecule has 12 rings (SSSR count). The van der Waals surface area contributed by atoms with Gasteiger partial charge in [-0.1, -0.05) is 146 Å². The number of benzene rings is 8. The highest BCUT2D eigenvalue weighted by atomic mass is 32.1. The number of fused-ring (bicyclic) bond motifs is 14. The molecule has 8 aromatic carbocycles. The Hall–Kier alpha value is -6.40. The molecule has 0 radical (unpaired) electrons. The van der Waals surface area contributed by atoms with E-state index in [-0.39, 0.29) is 0 Å². The average Bonchev–Trinajstić information content (AvgIpc) is 3.90. The predicted octanol–water partition coefficient (Wildman–Crippen LogP) is 13.9. The maximum absolute atomic E-state index is 5.60. The van der Waals surface area contributed by atoms with E-state index in [1.165, 1.54) is 73.7 Å². The van der Waals surface area contributed by atoms with Crippen molar-refractivity contribution in [3.05, 3.63) is 164 Å². The number of hydrogen-bond acceptors (Lipinski definition) is 4. The average molecular weight is 710 g/mol. The van der Waals surface area contributed by atoms with Gasteiger partial charge in [0.1, 0.15) is 4.83 Å². The van der Waals surface area contributed by atoms with Gasteiger partial charge in [-0.2, -0.15) is 0 Å². The van der Waals surface area contributed by atoms with Crippen LogP contribution in [0.3, 0.4) is 0 Å². The molecule has 0 aliphatic heterocycles. The summed E-state index contributed by atoms with van der Waals surface area (Å²) in [4.78, 5) is 12.1. The van der Waals surface area contributed by atoms with Gasteiger partial charge in [-0.25, -0.2) is 9.97 Å². The fraction of sp³-hybridized carbons (Fsp3) is 0. The Bertz CT molecular complexity index is 3450. The first-order valence-electron chi connectivity index (χ1n) is 17.8. The van der Waals surface area contributed by atoms with E-state index in [0.717, 1.165) is 32.5 Å². The van der Waals surface area contributed by atoms with E-state index in [2.05, 4.69) is 168 Å². The van der Waals surface area contributed by atoms with Gasteiger partial charge in [0.25, 0.3) is 0 Å². The molecule has 12 aromatic rings. The monoisotopic (exact) mass is 709 g/mol. The Morgan fingerprint density at radius 1 is 0.415 bits per heavy atom. The lowest BCUT2D eigenvalue weighted by Crippen LogP contribution is -2.03. The molecule has 0 atom stereocenters. The van der Waals surface area contributed by atoms with Gasteiger partial charge in [-0.05, 0) is 45.5 Å². The smallest absolute Gasteiger partial charge is 0.236 e. The first kappa shape index (κ1) is 29.2. The summed E-state index contributed by atoms with van der Waals surface area (Å²) in [6, 6.07) is 59.2. The lowest BCUT2D eigenvalue weighted by molar-refractivity contribution is 1.02. The number of rotatable bonds is 3. The molecule has 4 heterocycles. The molecule has 0 N–H and O–H groups in total. The summed E-state index contributed by atoms with van der Waals surface area (Å²) in [5.74, 6) is 0.690. The summed E-state index contributed by atoms with van der Waals surface area (Å²) < 4.78 is 6.13. The summed E-state index contributed by atoms with van der Waals surface area (Å²) in [7, 11) is 0. The van der Waals surface area contributed by atoms with Crippen molar-refractivity contribution in [1.29, 1.82) is 0 Å². The van der Waals surface area contributed by atoms with Crippen LogP contribution in [-0.2, 0) is 0 Å². The molecule has 5 heteroatoms. The first-order valence-corrected chi connectivity index (χ1v) is 19.5. The van der Waals surface area contributed by atoms with Crippen molar-refractivity contribution in [3.8, 4) is 28.3 Å². The molecule has 0 spiro atoms. The molecular weight excluding hydrogens is 683 g/mol. The van der Waals surface area contributed by atoms with Gasteiger partial charge in [0, 0.05) is 57.4 Å². The fourth-order valence-electron chi connectivity index (χ4n) is 8.53. The van der Waals surface area contributed by atoms with E-state index < -0.39 is 0 Å². The van der Waals surface area contributed by atoms with Crippen LogP contribution in [0, 0.1) is 0 Å². The van der Waals surface area contributed by atoms with E-state index in [4.69, 9.17) is 9.97 Å². The molecule has 0 fully saturated rings. The van der Waals surface area contributed by atoms with Crippen LogP contribution in [0.2, 0.25) is 0 Å². The van der Waals surface area contributed by atoms with Crippen molar-refractivity contribution in [2.24, 2.45) is 0 Å². The lowest BCUT2D eigenvalue weighted by Gasteiger charge is -2.12. The molecule has 0 amide bonds. The number of aromatic nitrogens is 3. The van der Waals surface area contributed by atoms with Crippen LogP contribution in [-0.4, -0.2) is 14.5 Å². The fourth-order valence-corrected chi connectivity index (χ4v) is 10.8. The predicted molar refractivity (Wildman–Crippen MR) is 228 cm³/mol. The maximum Gasteiger partial charge on any atom is 0.236 e. The highest BCUT2D eigenvalue weighted by Gasteiger charge is 2.24. The SMILES string of the molecule is c1ccc2c(-c3ccc(-c4nc(-n5c6ccccc6c6c7ccccc7c7sc8ccccc8c7c65)nc5sc6ccccc6c45)cc3)cccc2c1. The van der Waals surface area contributed by atoms with Crippen molar-refractivity contribution in [2.75, 3.05) is 0 Å². The molecular formula is C48H27N3S2. The third-order valence-corrected chi connectivity index (χ3v) is 13.1. The van der Waals surface area contributed by atoms with E-state index in [9.17, 15) is 0 Å². The summed E-state index contributed by atoms with van der Waals surface area (Å²) in [5, 5.41) is 12.3. The minimum absolute atomic E-state index is 0.690. The maximum atomic E-state index is 5.60. The largest absolute Gasteiger partial charge is 0.277 e. The molecule has 0 saturated heterocycles. The summed E-state index contributed by atoms with van der Waals surface area (Å²) in [5.41, 5.74) is 6.71.